The van der Waals surface area contributed by atoms with Crippen molar-refractivity contribution in [3.63, 3.8) is 0 Å². The van der Waals surface area contributed by atoms with Crippen molar-refractivity contribution in [3.05, 3.63) is 35.9 Å². The van der Waals surface area contributed by atoms with Crippen LogP contribution in [0, 0.1) is 5.92 Å². The zero-order valence-electron chi connectivity index (χ0n) is 11.8. The van der Waals surface area contributed by atoms with Crippen LogP contribution in [0.4, 0.5) is 0 Å². The van der Waals surface area contributed by atoms with Crippen LogP contribution >= 0.6 is 0 Å². The Bertz CT molecular complexity index is 408. The van der Waals surface area contributed by atoms with Crippen LogP contribution in [-0.2, 0) is 15.1 Å². The lowest BCUT2D eigenvalue weighted by Gasteiger charge is -2.33. The Morgan fingerprint density at radius 3 is 2.53 bits per heavy atom. The van der Waals surface area contributed by atoms with Gasteiger partial charge in [-0.1, -0.05) is 43.7 Å². The Kier molecular flexibility index (Phi) is 4.59. The normalized spacial score (nSPS) is 18.4. The fraction of sp³-hybridized carbons (Fsp3) is 0.562. The second-order valence-corrected chi connectivity index (χ2v) is 5.26. The van der Waals surface area contributed by atoms with Crippen LogP contribution in [0.2, 0.25) is 0 Å². The monoisotopic (exact) mass is 261 g/mol. The third-order valence-electron chi connectivity index (χ3n) is 4.29. The van der Waals surface area contributed by atoms with E-state index in [2.05, 4.69) is 24.4 Å². The molecule has 0 unspecified atom stereocenters. The van der Waals surface area contributed by atoms with Crippen molar-refractivity contribution in [1.29, 1.82) is 0 Å². The van der Waals surface area contributed by atoms with Gasteiger partial charge in [0.15, 0.2) is 0 Å². The Balaban J connectivity index is 2.04. The Labute approximate surface area is 115 Å². The molecule has 2 rings (SSSR count). The zero-order chi connectivity index (χ0) is 13.7. The second kappa shape index (κ2) is 6.20. The van der Waals surface area contributed by atoms with E-state index < -0.39 is 5.60 Å². The molecule has 104 valence electrons. The van der Waals surface area contributed by atoms with Gasteiger partial charge in [-0.2, -0.15) is 0 Å². The van der Waals surface area contributed by atoms with Gasteiger partial charge < -0.3 is 10.1 Å². The lowest BCUT2D eigenvalue weighted by Crippen LogP contribution is -2.44. The van der Waals surface area contributed by atoms with E-state index in [9.17, 15) is 4.79 Å². The Morgan fingerprint density at radius 1 is 1.37 bits per heavy atom. The van der Waals surface area contributed by atoms with Gasteiger partial charge in [-0.15, -0.1) is 0 Å². The van der Waals surface area contributed by atoms with Crippen molar-refractivity contribution in [2.24, 2.45) is 5.92 Å². The van der Waals surface area contributed by atoms with Crippen molar-refractivity contribution in [1.82, 2.24) is 5.32 Å². The highest BCUT2D eigenvalue weighted by molar-refractivity contribution is 5.79. The summed E-state index contributed by atoms with van der Waals surface area (Å²) in [5, 5.41) is 3.06. The number of hydrogen-bond donors (Lipinski definition) is 1. The summed E-state index contributed by atoms with van der Waals surface area (Å²) in [7, 11) is 1.71. The lowest BCUT2D eigenvalue weighted by atomic mass is 9.84. The van der Waals surface area contributed by atoms with Crippen LogP contribution in [0.25, 0.3) is 0 Å². The van der Waals surface area contributed by atoms with Crippen LogP contribution in [0.15, 0.2) is 30.3 Å². The maximum Gasteiger partial charge on any atom is 0.223 e. The molecule has 1 fully saturated rings. The molecule has 1 saturated carbocycles. The summed E-state index contributed by atoms with van der Waals surface area (Å²) < 4.78 is 5.74. The minimum Gasteiger partial charge on any atom is -0.372 e. The molecule has 1 N–H and O–H groups in total. The Morgan fingerprint density at radius 2 is 2.05 bits per heavy atom. The van der Waals surface area contributed by atoms with E-state index >= 15 is 0 Å². The van der Waals surface area contributed by atoms with E-state index in [0.29, 0.717) is 6.54 Å². The maximum atomic E-state index is 12.0. The first-order chi connectivity index (χ1) is 9.22. The first kappa shape index (κ1) is 14.1. The summed E-state index contributed by atoms with van der Waals surface area (Å²) in [5.41, 5.74) is 0.703. The van der Waals surface area contributed by atoms with E-state index in [-0.39, 0.29) is 11.8 Å². The average Bonchev–Trinajstić information content (AvgIpc) is 2.40. The standard InChI is InChI=1S/C16H23NO2/c1-3-16(19-2,14-10-5-4-6-11-14)12-17-15(18)13-8-7-9-13/h4-6,10-11,13H,3,7-9,12H2,1-2H3,(H,17,18)/t16-/m1/s1. The number of carbonyl (C=O) groups excluding carboxylic acids is 1. The van der Waals surface area contributed by atoms with E-state index in [4.69, 9.17) is 4.74 Å². The maximum absolute atomic E-state index is 12.0. The molecule has 1 aliphatic carbocycles. The topological polar surface area (TPSA) is 38.3 Å². The highest BCUT2D eigenvalue weighted by atomic mass is 16.5. The number of methoxy groups -OCH3 is 1. The average molecular weight is 261 g/mol. The smallest absolute Gasteiger partial charge is 0.223 e. The number of carbonyl (C=O) groups is 1. The molecule has 0 saturated heterocycles. The molecule has 0 spiro atoms. The van der Waals surface area contributed by atoms with Crippen LogP contribution < -0.4 is 5.32 Å². The molecule has 1 aliphatic rings. The van der Waals surface area contributed by atoms with Crippen molar-refractivity contribution >= 4 is 5.91 Å². The summed E-state index contributed by atoms with van der Waals surface area (Å²) in [5.74, 6) is 0.402. The molecule has 3 nitrogen and oxygen atoms in total. The van der Waals surface area contributed by atoms with Gasteiger partial charge in [-0.25, -0.2) is 0 Å². The molecule has 0 bridgehead atoms. The predicted molar refractivity (Wildman–Crippen MR) is 75.8 cm³/mol. The fourth-order valence-corrected chi connectivity index (χ4v) is 2.55. The summed E-state index contributed by atoms with van der Waals surface area (Å²) in [4.78, 5) is 12.0. The molecular weight excluding hydrogens is 238 g/mol. The number of nitrogens with one attached hydrogen (secondary N) is 1. The third kappa shape index (κ3) is 2.98. The van der Waals surface area contributed by atoms with Crippen LogP contribution in [0.3, 0.4) is 0 Å². The van der Waals surface area contributed by atoms with Gasteiger partial charge in [-0.05, 0) is 24.8 Å². The van der Waals surface area contributed by atoms with Crippen LogP contribution in [0.1, 0.15) is 38.2 Å². The number of amides is 1. The number of rotatable bonds is 6. The van der Waals surface area contributed by atoms with Crippen LogP contribution in [0.5, 0.6) is 0 Å². The Hall–Kier alpha value is -1.35. The van der Waals surface area contributed by atoms with Gasteiger partial charge in [-0.3, -0.25) is 4.79 Å². The van der Waals surface area contributed by atoms with Crippen molar-refractivity contribution in [2.75, 3.05) is 13.7 Å². The minimum atomic E-state index is -0.416. The van der Waals surface area contributed by atoms with Gasteiger partial charge in [0.1, 0.15) is 5.60 Å². The summed E-state index contributed by atoms with van der Waals surface area (Å²) in [6.07, 6.45) is 4.07. The second-order valence-electron chi connectivity index (χ2n) is 5.26. The molecule has 0 aromatic heterocycles. The van der Waals surface area contributed by atoms with Crippen molar-refractivity contribution in [3.8, 4) is 0 Å². The van der Waals surface area contributed by atoms with E-state index in [1.165, 1.54) is 6.42 Å². The first-order valence-corrected chi connectivity index (χ1v) is 7.10. The number of ether oxygens (including phenoxy) is 1. The highest BCUT2D eigenvalue weighted by Gasteiger charge is 2.32. The fourth-order valence-electron chi connectivity index (χ4n) is 2.55. The summed E-state index contributed by atoms with van der Waals surface area (Å²) in [6.45, 7) is 2.63. The van der Waals surface area contributed by atoms with Gasteiger partial charge >= 0.3 is 0 Å². The van der Waals surface area contributed by atoms with E-state index in [1.54, 1.807) is 7.11 Å². The van der Waals surface area contributed by atoms with Crippen molar-refractivity contribution in [2.45, 2.75) is 38.2 Å². The predicted octanol–water partition coefficient (Wildman–Crippen LogP) is 2.85. The molecule has 1 aromatic rings. The SMILES string of the molecule is CC[C@](CNC(=O)C1CCC1)(OC)c1ccccc1. The molecule has 0 aliphatic heterocycles. The largest absolute Gasteiger partial charge is 0.372 e. The molecule has 3 heteroatoms. The summed E-state index contributed by atoms with van der Waals surface area (Å²) in [6, 6.07) is 10.1. The molecule has 1 atom stereocenters. The van der Waals surface area contributed by atoms with Gasteiger partial charge in [0.25, 0.3) is 0 Å². The number of hydrogen-bond acceptors (Lipinski definition) is 2. The van der Waals surface area contributed by atoms with Gasteiger partial charge in [0, 0.05) is 13.0 Å². The van der Waals surface area contributed by atoms with Crippen molar-refractivity contribution < 1.29 is 9.53 Å². The van der Waals surface area contributed by atoms with E-state index in [0.717, 1.165) is 24.8 Å². The lowest BCUT2D eigenvalue weighted by molar-refractivity contribution is -0.129. The molecule has 19 heavy (non-hydrogen) atoms. The summed E-state index contributed by atoms with van der Waals surface area (Å²) >= 11 is 0. The molecule has 1 aromatic carbocycles. The van der Waals surface area contributed by atoms with Crippen LogP contribution in [-0.4, -0.2) is 19.6 Å². The molecule has 0 heterocycles. The highest BCUT2D eigenvalue weighted by Crippen LogP contribution is 2.30. The zero-order valence-corrected chi connectivity index (χ0v) is 11.8. The quantitative estimate of drug-likeness (QED) is 0.855. The van der Waals surface area contributed by atoms with Gasteiger partial charge in [0.2, 0.25) is 5.91 Å². The minimum absolute atomic E-state index is 0.178. The first-order valence-electron chi connectivity index (χ1n) is 7.10. The molecule has 1 amide bonds. The molecule has 0 radical (unpaired) electrons. The third-order valence-corrected chi connectivity index (χ3v) is 4.29. The van der Waals surface area contributed by atoms with Gasteiger partial charge in [0.05, 0.1) is 6.54 Å². The molecular formula is C16H23NO2. The van der Waals surface area contributed by atoms with E-state index in [1.807, 2.05) is 18.2 Å². The number of benzene rings is 1.